The molecule has 0 radical (unpaired) electrons. The first kappa shape index (κ1) is 14.0. The van der Waals surface area contributed by atoms with E-state index in [0.29, 0.717) is 27.3 Å². The van der Waals surface area contributed by atoms with Crippen molar-refractivity contribution < 1.29 is 9.90 Å². The van der Waals surface area contributed by atoms with Crippen molar-refractivity contribution in [1.82, 2.24) is 9.97 Å². The summed E-state index contributed by atoms with van der Waals surface area (Å²) < 4.78 is 0.841. The second kappa shape index (κ2) is 5.42. The predicted octanol–water partition coefficient (Wildman–Crippen LogP) is 4.41. The van der Waals surface area contributed by atoms with Crippen molar-refractivity contribution in [2.75, 3.05) is 0 Å². The van der Waals surface area contributed by atoms with E-state index in [-0.39, 0.29) is 5.56 Å². The van der Waals surface area contributed by atoms with Gasteiger partial charge >= 0.3 is 5.97 Å². The van der Waals surface area contributed by atoms with E-state index in [1.54, 1.807) is 30.5 Å². The van der Waals surface area contributed by atoms with E-state index in [1.807, 2.05) is 6.07 Å². The SMILES string of the molecule is O=C(O)c1cc(-c2ccc(Br)cn2)nc2cc(Cl)ccc12. The fourth-order valence-electron chi connectivity index (χ4n) is 2.04. The molecule has 2 heterocycles. The Hall–Kier alpha value is -1.98. The van der Waals surface area contributed by atoms with Crippen LogP contribution in [0.2, 0.25) is 5.02 Å². The molecule has 0 saturated carbocycles. The van der Waals surface area contributed by atoms with Gasteiger partial charge in [0.25, 0.3) is 0 Å². The van der Waals surface area contributed by atoms with Gasteiger partial charge < -0.3 is 5.11 Å². The van der Waals surface area contributed by atoms with Gasteiger partial charge in [-0.05, 0) is 46.3 Å². The van der Waals surface area contributed by atoms with E-state index in [1.165, 1.54) is 6.07 Å². The average molecular weight is 364 g/mol. The van der Waals surface area contributed by atoms with E-state index in [0.717, 1.165) is 4.47 Å². The first-order valence-electron chi connectivity index (χ1n) is 6.00. The van der Waals surface area contributed by atoms with E-state index >= 15 is 0 Å². The van der Waals surface area contributed by atoms with Crippen LogP contribution in [0.5, 0.6) is 0 Å². The van der Waals surface area contributed by atoms with Gasteiger partial charge in [-0.15, -0.1) is 0 Å². The largest absolute Gasteiger partial charge is 0.478 e. The minimum absolute atomic E-state index is 0.177. The maximum absolute atomic E-state index is 11.4. The summed E-state index contributed by atoms with van der Waals surface area (Å²) in [7, 11) is 0. The summed E-state index contributed by atoms with van der Waals surface area (Å²) in [5.41, 5.74) is 1.80. The van der Waals surface area contributed by atoms with Crippen molar-refractivity contribution in [3.8, 4) is 11.4 Å². The molecule has 0 aliphatic carbocycles. The van der Waals surface area contributed by atoms with Crippen molar-refractivity contribution in [2.45, 2.75) is 0 Å². The molecule has 0 atom stereocenters. The number of hydrogen-bond acceptors (Lipinski definition) is 3. The minimum Gasteiger partial charge on any atom is -0.478 e. The van der Waals surface area contributed by atoms with Gasteiger partial charge in [0.15, 0.2) is 0 Å². The monoisotopic (exact) mass is 362 g/mol. The normalized spacial score (nSPS) is 10.8. The van der Waals surface area contributed by atoms with Gasteiger partial charge in [0.1, 0.15) is 0 Å². The maximum atomic E-state index is 11.4. The molecule has 2 aromatic heterocycles. The maximum Gasteiger partial charge on any atom is 0.336 e. The number of benzene rings is 1. The third-order valence-corrected chi connectivity index (χ3v) is 3.70. The van der Waals surface area contributed by atoms with Gasteiger partial charge in [0.2, 0.25) is 0 Å². The summed E-state index contributed by atoms with van der Waals surface area (Å²) in [5.74, 6) is -1.01. The van der Waals surface area contributed by atoms with Gasteiger partial charge in [0.05, 0.1) is 22.5 Å². The molecule has 0 aliphatic heterocycles. The summed E-state index contributed by atoms with van der Waals surface area (Å²) in [6.45, 7) is 0. The topological polar surface area (TPSA) is 63.1 Å². The Kier molecular flexibility index (Phi) is 3.61. The van der Waals surface area contributed by atoms with Gasteiger partial charge in [-0.2, -0.15) is 0 Å². The van der Waals surface area contributed by atoms with Gasteiger partial charge in [0, 0.05) is 21.1 Å². The highest BCUT2D eigenvalue weighted by Gasteiger charge is 2.13. The molecule has 0 bridgehead atoms. The number of carboxylic acids is 1. The standard InChI is InChI=1S/C15H8BrClN2O2/c16-8-1-4-12(18-7-8)14-6-11(15(20)21)10-3-2-9(17)5-13(10)19-14/h1-7H,(H,20,21). The van der Waals surface area contributed by atoms with Crippen LogP contribution in [0.15, 0.2) is 47.1 Å². The molecule has 0 saturated heterocycles. The van der Waals surface area contributed by atoms with Crippen LogP contribution in [0, 0.1) is 0 Å². The lowest BCUT2D eigenvalue weighted by Crippen LogP contribution is -2.00. The molecule has 0 spiro atoms. The fraction of sp³-hybridized carbons (Fsp3) is 0. The summed E-state index contributed by atoms with van der Waals surface area (Å²) in [5, 5.41) is 10.4. The van der Waals surface area contributed by atoms with Crippen LogP contribution in [0.25, 0.3) is 22.3 Å². The van der Waals surface area contributed by atoms with Crippen LogP contribution in [-0.4, -0.2) is 21.0 Å². The van der Waals surface area contributed by atoms with Crippen LogP contribution in [0.1, 0.15) is 10.4 Å². The molecule has 1 aromatic carbocycles. The Labute approximate surface area is 133 Å². The number of hydrogen-bond donors (Lipinski definition) is 1. The zero-order chi connectivity index (χ0) is 15.0. The molecule has 1 N–H and O–H groups in total. The summed E-state index contributed by atoms with van der Waals surface area (Å²) in [6.07, 6.45) is 1.64. The lowest BCUT2D eigenvalue weighted by molar-refractivity contribution is 0.0699. The molecule has 3 rings (SSSR count). The lowest BCUT2D eigenvalue weighted by Gasteiger charge is -2.07. The Morgan fingerprint density at radius 2 is 1.95 bits per heavy atom. The zero-order valence-electron chi connectivity index (χ0n) is 10.5. The van der Waals surface area contributed by atoms with Crippen molar-refractivity contribution in [2.24, 2.45) is 0 Å². The number of rotatable bonds is 2. The molecule has 0 amide bonds. The number of aromatic carboxylic acids is 1. The van der Waals surface area contributed by atoms with Crippen molar-refractivity contribution in [3.63, 3.8) is 0 Å². The molecule has 0 fully saturated rings. The number of pyridine rings is 2. The third kappa shape index (κ3) is 2.75. The minimum atomic E-state index is -1.01. The quantitative estimate of drug-likeness (QED) is 0.732. The highest BCUT2D eigenvalue weighted by Crippen LogP contribution is 2.26. The van der Waals surface area contributed by atoms with Gasteiger partial charge in [-0.25, -0.2) is 9.78 Å². The highest BCUT2D eigenvalue weighted by atomic mass is 79.9. The third-order valence-electron chi connectivity index (χ3n) is 2.99. The van der Waals surface area contributed by atoms with Crippen molar-refractivity contribution >= 4 is 44.4 Å². The molecule has 21 heavy (non-hydrogen) atoms. The number of fused-ring (bicyclic) bond motifs is 1. The van der Waals surface area contributed by atoms with Crippen LogP contribution in [0.4, 0.5) is 0 Å². The van der Waals surface area contributed by atoms with E-state index < -0.39 is 5.97 Å². The van der Waals surface area contributed by atoms with Gasteiger partial charge in [-0.1, -0.05) is 17.7 Å². The van der Waals surface area contributed by atoms with E-state index in [4.69, 9.17) is 11.6 Å². The predicted molar refractivity (Wildman–Crippen MR) is 84.6 cm³/mol. The van der Waals surface area contributed by atoms with Crippen LogP contribution in [-0.2, 0) is 0 Å². The number of halogens is 2. The van der Waals surface area contributed by atoms with Gasteiger partial charge in [-0.3, -0.25) is 4.98 Å². The first-order chi connectivity index (χ1) is 10.0. The molecule has 0 unspecified atom stereocenters. The molecular weight excluding hydrogens is 356 g/mol. The highest BCUT2D eigenvalue weighted by molar-refractivity contribution is 9.10. The number of carboxylic acid groups (broad SMARTS) is 1. The van der Waals surface area contributed by atoms with Crippen molar-refractivity contribution in [3.05, 3.63) is 57.7 Å². The second-order valence-corrected chi connectivity index (χ2v) is 5.74. The second-order valence-electron chi connectivity index (χ2n) is 4.38. The Bertz CT molecular complexity index is 850. The smallest absolute Gasteiger partial charge is 0.336 e. The van der Waals surface area contributed by atoms with E-state index in [2.05, 4.69) is 25.9 Å². The molecule has 104 valence electrons. The fourth-order valence-corrected chi connectivity index (χ4v) is 2.44. The Balaban J connectivity index is 2.29. The van der Waals surface area contributed by atoms with Crippen LogP contribution < -0.4 is 0 Å². The first-order valence-corrected chi connectivity index (χ1v) is 7.17. The average Bonchev–Trinajstić information content (AvgIpc) is 2.46. The summed E-state index contributed by atoms with van der Waals surface area (Å²) in [4.78, 5) is 20.1. The molecule has 3 aromatic rings. The van der Waals surface area contributed by atoms with Crippen molar-refractivity contribution in [1.29, 1.82) is 0 Å². The lowest BCUT2D eigenvalue weighted by atomic mass is 10.1. The molecule has 0 aliphatic rings. The van der Waals surface area contributed by atoms with E-state index in [9.17, 15) is 9.90 Å². The van der Waals surface area contributed by atoms with Crippen LogP contribution in [0.3, 0.4) is 0 Å². The molecular formula is C15H8BrClN2O2. The Morgan fingerprint density at radius 3 is 2.62 bits per heavy atom. The summed E-state index contributed by atoms with van der Waals surface area (Å²) >= 11 is 9.27. The molecule has 4 nitrogen and oxygen atoms in total. The number of carbonyl (C=O) groups is 1. The number of aromatic nitrogens is 2. The summed E-state index contributed by atoms with van der Waals surface area (Å²) in [6, 6.07) is 10.1. The van der Waals surface area contributed by atoms with Crippen LogP contribution >= 0.6 is 27.5 Å². The molecule has 6 heteroatoms. The number of nitrogens with zero attached hydrogens (tertiary/aromatic N) is 2. The Morgan fingerprint density at radius 1 is 1.14 bits per heavy atom. The zero-order valence-corrected chi connectivity index (χ0v) is 12.9.